The van der Waals surface area contributed by atoms with Crippen molar-refractivity contribution in [2.24, 2.45) is 0 Å². The zero-order valence-electron chi connectivity index (χ0n) is 10.9. The fourth-order valence-corrected chi connectivity index (χ4v) is 2.64. The van der Waals surface area contributed by atoms with Gasteiger partial charge in [0.1, 0.15) is 5.60 Å². The zero-order chi connectivity index (χ0) is 11.8. The Morgan fingerprint density at radius 2 is 2.06 bits per heavy atom. The van der Waals surface area contributed by atoms with E-state index in [1.165, 1.54) is 12.8 Å². The normalized spacial score (nSPS) is 28.3. The van der Waals surface area contributed by atoms with Gasteiger partial charge in [-0.2, -0.15) is 0 Å². The van der Waals surface area contributed by atoms with E-state index in [1.807, 2.05) is 25.7 Å². The third-order valence-electron chi connectivity index (χ3n) is 3.27. The third-order valence-corrected chi connectivity index (χ3v) is 3.27. The standard InChI is InChI=1S/C12H22N2O2.ClH/c1-12(2,3)16-11(15)14-8-7-13-9-5-4-6-10(9)14;/h9-10,13H,4-8H2,1-3H3;1H/t9-,10+;/m1./s1. The van der Waals surface area contributed by atoms with E-state index in [-0.39, 0.29) is 18.5 Å². The van der Waals surface area contributed by atoms with Gasteiger partial charge in [0.05, 0.1) is 6.04 Å². The highest BCUT2D eigenvalue weighted by Gasteiger charge is 2.38. The maximum atomic E-state index is 12.0. The second kappa shape index (κ2) is 5.44. The smallest absolute Gasteiger partial charge is 0.410 e. The van der Waals surface area contributed by atoms with Crippen LogP contribution < -0.4 is 5.32 Å². The lowest BCUT2D eigenvalue weighted by Gasteiger charge is -2.39. The van der Waals surface area contributed by atoms with Gasteiger partial charge in [0.2, 0.25) is 0 Å². The highest BCUT2D eigenvalue weighted by Crippen LogP contribution is 2.27. The minimum absolute atomic E-state index is 0. The number of rotatable bonds is 0. The Morgan fingerprint density at radius 3 is 2.71 bits per heavy atom. The highest BCUT2D eigenvalue weighted by molar-refractivity contribution is 5.85. The molecule has 2 aliphatic rings. The highest BCUT2D eigenvalue weighted by atomic mass is 35.5. The van der Waals surface area contributed by atoms with Gasteiger partial charge in [0.15, 0.2) is 0 Å². The van der Waals surface area contributed by atoms with Crippen LogP contribution >= 0.6 is 12.4 Å². The van der Waals surface area contributed by atoms with Crippen molar-refractivity contribution in [2.75, 3.05) is 13.1 Å². The summed E-state index contributed by atoms with van der Waals surface area (Å²) in [6.45, 7) is 7.41. The Bertz CT molecular complexity index is 278. The fourth-order valence-electron chi connectivity index (χ4n) is 2.64. The lowest BCUT2D eigenvalue weighted by Crippen LogP contribution is -2.57. The molecule has 100 valence electrons. The maximum Gasteiger partial charge on any atom is 0.410 e. The van der Waals surface area contributed by atoms with Gasteiger partial charge in [-0.25, -0.2) is 4.79 Å². The first-order valence-electron chi connectivity index (χ1n) is 6.20. The third kappa shape index (κ3) is 3.49. The first-order valence-corrected chi connectivity index (χ1v) is 6.20. The molecule has 1 aliphatic heterocycles. The molecular weight excluding hydrogens is 240 g/mol. The number of ether oxygens (including phenoxy) is 1. The van der Waals surface area contributed by atoms with E-state index in [2.05, 4.69) is 5.32 Å². The number of nitrogens with one attached hydrogen (secondary N) is 1. The molecule has 1 aliphatic carbocycles. The molecule has 1 saturated carbocycles. The minimum Gasteiger partial charge on any atom is -0.444 e. The lowest BCUT2D eigenvalue weighted by atomic mass is 10.1. The first kappa shape index (κ1) is 14.6. The van der Waals surface area contributed by atoms with Crippen LogP contribution in [0.3, 0.4) is 0 Å². The van der Waals surface area contributed by atoms with Crippen LogP contribution in [0.1, 0.15) is 40.0 Å². The van der Waals surface area contributed by atoms with Gasteiger partial charge in [-0.3, -0.25) is 0 Å². The van der Waals surface area contributed by atoms with Crippen molar-refractivity contribution < 1.29 is 9.53 Å². The number of fused-ring (bicyclic) bond motifs is 1. The molecule has 0 aromatic carbocycles. The molecule has 0 unspecified atom stereocenters. The van der Waals surface area contributed by atoms with E-state index in [9.17, 15) is 4.79 Å². The van der Waals surface area contributed by atoms with E-state index in [0.717, 1.165) is 19.5 Å². The Hall–Kier alpha value is -0.480. The Morgan fingerprint density at radius 1 is 1.35 bits per heavy atom. The topological polar surface area (TPSA) is 41.6 Å². The van der Waals surface area contributed by atoms with E-state index in [4.69, 9.17) is 4.74 Å². The average Bonchev–Trinajstić information content (AvgIpc) is 2.61. The summed E-state index contributed by atoms with van der Waals surface area (Å²) in [6.07, 6.45) is 3.36. The van der Waals surface area contributed by atoms with Crippen molar-refractivity contribution in [2.45, 2.75) is 57.7 Å². The monoisotopic (exact) mass is 262 g/mol. The Balaban J connectivity index is 0.00000144. The quantitative estimate of drug-likeness (QED) is 0.728. The molecule has 1 N–H and O–H groups in total. The molecule has 2 fully saturated rings. The number of carbonyl (C=O) groups is 1. The van der Waals surface area contributed by atoms with Gasteiger partial charge in [-0.15, -0.1) is 12.4 Å². The summed E-state index contributed by atoms with van der Waals surface area (Å²) in [4.78, 5) is 13.9. The number of hydrogen-bond donors (Lipinski definition) is 1. The summed E-state index contributed by atoms with van der Waals surface area (Å²) in [5, 5.41) is 3.48. The molecule has 1 saturated heterocycles. The molecule has 0 radical (unpaired) electrons. The van der Waals surface area contributed by atoms with Crippen LogP contribution in [-0.2, 0) is 4.74 Å². The Kier molecular flexibility index (Phi) is 4.67. The van der Waals surface area contributed by atoms with Crippen molar-refractivity contribution in [3.63, 3.8) is 0 Å². The number of piperazine rings is 1. The predicted octanol–water partition coefficient (Wildman–Crippen LogP) is 2.17. The summed E-state index contributed by atoms with van der Waals surface area (Å²) in [7, 11) is 0. The van der Waals surface area contributed by atoms with Crippen molar-refractivity contribution in [1.82, 2.24) is 10.2 Å². The Labute approximate surface area is 109 Å². The second-order valence-corrected chi connectivity index (χ2v) is 5.73. The largest absolute Gasteiger partial charge is 0.444 e. The van der Waals surface area contributed by atoms with E-state index < -0.39 is 5.60 Å². The van der Waals surface area contributed by atoms with Crippen molar-refractivity contribution >= 4 is 18.5 Å². The zero-order valence-corrected chi connectivity index (χ0v) is 11.7. The minimum atomic E-state index is -0.393. The van der Waals surface area contributed by atoms with Gasteiger partial charge in [-0.1, -0.05) is 0 Å². The molecule has 2 atom stereocenters. The van der Waals surface area contributed by atoms with Crippen LogP contribution in [0.15, 0.2) is 0 Å². The number of nitrogens with zero attached hydrogens (tertiary/aromatic N) is 1. The van der Waals surface area contributed by atoms with Crippen molar-refractivity contribution in [1.29, 1.82) is 0 Å². The van der Waals surface area contributed by atoms with E-state index in [0.29, 0.717) is 12.1 Å². The predicted molar refractivity (Wildman–Crippen MR) is 69.6 cm³/mol. The van der Waals surface area contributed by atoms with Crippen LogP contribution in [0, 0.1) is 0 Å². The fraction of sp³-hybridized carbons (Fsp3) is 0.917. The molecule has 17 heavy (non-hydrogen) atoms. The number of amides is 1. The van der Waals surface area contributed by atoms with Crippen LogP contribution in [-0.4, -0.2) is 41.8 Å². The number of carbonyl (C=O) groups excluding carboxylic acids is 1. The summed E-state index contributed by atoms with van der Waals surface area (Å²) in [6, 6.07) is 0.838. The average molecular weight is 263 g/mol. The molecule has 2 rings (SSSR count). The van der Waals surface area contributed by atoms with Gasteiger partial charge in [0, 0.05) is 19.1 Å². The first-order chi connectivity index (χ1) is 7.47. The summed E-state index contributed by atoms with van der Waals surface area (Å²) in [5.41, 5.74) is -0.393. The van der Waals surface area contributed by atoms with Crippen LogP contribution in [0.25, 0.3) is 0 Å². The summed E-state index contributed by atoms with van der Waals surface area (Å²) >= 11 is 0. The molecule has 5 heteroatoms. The van der Waals surface area contributed by atoms with Crippen LogP contribution in [0.4, 0.5) is 4.79 Å². The lowest BCUT2D eigenvalue weighted by molar-refractivity contribution is 0.00882. The van der Waals surface area contributed by atoms with Gasteiger partial charge in [-0.05, 0) is 40.0 Å². The van der Waals surface area contributed by atoms with Gasteiger partial charge in [0.25, 0.3) is 0 Å². The molecule has 0 aromatic rings. The molecule has 0 aromatic heterocycles. The molecule has 4 nitrogen and oxygen atoms in total. The van der Waals surface area contributed by atoms with E-state index >= 15 is 0 Å². The maximum absolute atomic E-state index is 12.0. The second-order valence-electron chi connectivity index (χ2n) is 5.73. The number of halogens is 1. The molecule has 0 spiro atoms. The van der Waals surface area contributed by atoms with Crippen molar-refractivity contribution in [3.05, 3.63) is 0 Å². The molecule has 1 heterocycles. The van der Waals surface area contributed by atoms with Gasteiger partial charge >= 0.3 is 6.09 Å². The summed E-state index contributed by atoms with van der Waals surface area (Å²) < 4.78 is 5.44. The molecule has 1 amide bonds. The molecular formula is C12H23ClN2O2. The van der Waals surface area contributed by atoms with Gasteiger partial charge < -0.3 is 15.0 Å². The SMILES string of the molecule is CC(C)(C)OC(=O)N1CCN[C@@H]2CCC[C@@H]21.Cl. The van der Waals surface area contributed by atoms with Crippen molar-refractivity contribution in [3.8, 4) is 0 Å². The summed E-state index contributed by atoms with van der Waals surface area (Å²) in [5.74, 6) is 0. The molecule has 0 bridgehead atoms. The number of hydrogen-bond acceptors (Lipinski definition) is 3. The van der Waals surface area contributed by atoms with E-state index in [1.54, 1.807) is 0 Å². The van der Waals surface area contributed by atoms with Crippen LogP contribution in [0.5, 0.6) is 0 Å². The van der Waals surface area contributed by atoms with Crippen LogP contribution in [0.2, 0.25) is 0 Å².